The molecule has 2 aliphatic rings. The fraction of sp³-hybridized carbons (Fsp3) is 0.862. The van der Waals surface area contributed by atoms with Crippen molar-refractivity contribution in [1.82, 2.24) is 0 Å². The van der Waals surface area contributed by atoms with E-state index in [0.29, 0.717) is 11.8 Å². The lowest BCUT2D eigenvalue weighted by Gasteiger charge is -2.41. The van der Waals surface area contributed by atoms with Crippen molar-refractivity contribution in [3.63, 3.8) is 0 Å². The van der Waals surface area contributed by atoms with Gasteiger partial charge in [-0.2, -0.15) is 0 Å². The van der Waals surface area contributed by atoms with E-state index >= 15 is 0 Å². The quantitative estimate of drug-likeness (QED) is 0.251. The van der Waals surface area contributed by atoms with Crippen molar-refractivity contribution in [3.05, 3.63) is 11.8 Å². The molecule has 0 heterocycles. The van der Waals surface area contributed by atoms with Crippen LogP contribution >= 0.6 is 0 Å². The van der Waals surface area contributed by atoms with Gasteiger partial charge in [0, 0.05) is 5.92 Å². The van der Waals surface area contributed by atoms with Crippen LogP contribution in [0.3, 0.4) is 0 Å². The lowest BCUT2D eigenvalue weighted by atomic mass is 9.80. The monoisotopic (exact) mass is 458 g/mol. The third-order valence-electron chi connectivity index (χ3n) is 9.91. The summed E-state index contributed by atoms with van der Waals surface area (Å²) in [5.74, 6) is 7.14. The minimum atomic E-state index is -1.64. The van der Waals surface area contributed by atoms with Gasteiger partial charge in [0.1, 0.15) is 8.07 Å². The average Bonchev–Trinajstić information content (AvgIpc) is 3.22. The molecule has 0 aliphatic heterocycles. The Hall–Kier alpha value is -0.266. The minimum Gasteiger partial charge on any atom is -0.130 e. The standard InChI is InChI=1S/C29H54Si2/c1-20(2)30(21(3)4,22(5)6)17-15-28-26-13-14-27(19-26)29(28)16-18-31(23(7)8,24(9)10)25(11)12/h15,17,20-29H,13-14,19H2,1-12H3/b17-15+. The van der Waals surface area contributed by atoms with E-state index in [1.165, 1.54) is 19.3 Å². The van der Waals surface area contributed by atoms with Gasteiger partial charge in [-0.1, -0.05) is 94.9 Å². The highest BCUT2D eigenvalue weighted by molar-refractivity contribution is 6.90. The average molecular weight is 459 g/mol. The van der Waals surface area contributed by atoms with E-state index in [4.69, 9.17) is 0 Å². The van der Waals surface area contributed by atoms with Crippen LogP contribution in [0, 0.1) is 35.1 Å². The van der Waals surface area contributed by atoms with Crippen LogP contribution in [0.25, 0.3) is 0 Å². The number of rotatable bonds is 8. The molecule has 2 bridgehead atoms. The Labute approximate surface area is 198 Å². The lowest BCUT2D eigenvalue weighted by molar-refractivity contribution is 0.328. The van der Waals surface area contributed by atoms with Gasteiger partial charge in [0.05, 0.1) is 8.07 Å². The van der Waals surface area contributed by atoms with Gasteiger partial charge < -0.3 is 0 Å². The van der Waals surface area contributed by atoms with Crippen LogP contribution in [0.1, 0.15) is 102 Å². The van der Waals surface area contributed by atoms with Crippen LogP contribution in [-0.2, 0) is 0 Å². The molecule has 31 heavy (non-hydrogen) atoms. The summed E-state index contributed by atoms with van der Waals surface area (Å²) in [4.78, 5) is 0. The van der Waals surface area contributed by atoms with E-state index in [2.05, 4.69) is 106 Å². The maximum Gasteiger partial charge on any atom is 0.145 e. The molecule has 0 radical (unpaired) electrons. The molecule has 0 aromatic heterocycles. The van der Waals surface area contributed by atoms with Gasteiger partial charge in [-0.05, 0) is 70.3 Å². The molecule has 0 saturated heterocycles. The van der Waals surface area contributed by atoms with E-state index < -0.39 is 16.1 Å². The molecule has 4 unspecified atom stereocenters. The molecule has 4 atom stereocenters. The number of hydrogen-bond acceptors (Lipinski definition) is 0. The third-order valence-corrected chi connectivity index (χ3v) is 23.0. The van der Waals surface area contributed by atoms with Crippen molar-refractivity contribution in [2.75, 3.05) is 0 Å². The van der Waals surface area contributed by atoms with Crippen LogP contribution in [0.5, 0.6) is 0 Å². The molecule has 0 aromatic carbocycles. The summed E-state index contributed by atoms with van der Waals surface area (Å²) in [6.07, 6.45) is 7.04. The first kappa shape index (κ1) is 27.0. The highest BCUT2D eigenvalue weighted by Gasteiger charge is 2.48. The van der Waals surface area contributed by atoms with Gasteiger partial charge in [0.2, 0.25) is 0 Å². The topological polar surface area (TPSA) is 0 Å². The Morgan fingerprint density at radius 1 is 0.645 bits per heavy atom. The van der Waals surface area contributed by atoms with Crippen LogP contribution in [0.15, 0.2) is 11.8 Å². The normalized spacial score (nSPS) is 27.0. The highest BCUT2D eigenvalue weighted by Crippen LogP contribution is 2.54. The fourth-order valence-corrected chi connectivity index (χ4v) is 19.3. The zero-order valence-corrected chi connectivity index (χ0v) is 25.0. The van der Waals surface area contributed by atoms with E-state index in [1.54, 1.807) is 0 Å². The van der Waals surface area contributed by atoms with E-state index in [0.717, 1.165) is 45.1 Å². The van der Waals surface area contributed by atoms with Crippen LogP contribution in [-0.4, -0.2) is 16.1 Å². The summed E-state index contributed by atoms with van der Waals surface area (Å²) in [5.41, 5.74) is 11.5. The van der Waals surface area contributed by atoms with Gasteiger partial charge in [-0.15, -0.1) is 11.5 Å². The van der Waals surface area contributed by atoms with Crippen molar-refractivity contribution >= 4 is 16.1 Å². The second-order valence-electron chi connectivity index (χ2n) is 12.9. The Balaban J connectivity index is 2.44. The summed E-state index contributed by atoms with van der Waals surface area (Å²) < 4.78 is 0. The van der Waals surface area contributed by atoms with Gasteiger partial charge in [0.25, 0.3) is 0 Å². The first-order valence-corrected chi connectivity index (χ1v) is 18.1. The van der Waals surface area contributed by atoms with Crippen molar-refractivity contribution < 1.29 is 0 Å². The summed E-state index contributed by atoms with van der Waals surface area (Å²) in [7, 11) is -3.13. The molecular formula is C29H54Si2. The zero-order valence-electron chi connectivity index (χ0n) is 23.0. The third kappa shape index (κ3) is 4.84. The molecule has 0 amide bonds. The van der Waals surface area contributed by atoms with E-state index in [9.17, 15) is 0 Å². The van der Waals surface area contributed by atoms with Gasteiger partial charge in [-0.3, -0.25) is 0 Å². The molecule has 0 N–H and O–H groups in total. The molecular weight excluding hydrogens is 404 g/mol. The molecule has 0 spiro atoms. The molecule has 2 saturated carbocycles. The Morgan fingerprint density at radius 3 is 1.52 bits per heavy atom. The fourth-order valence-electron chi connectivity index (χ4n) is 8.32. The SMILES string of the molecule is CC(C)[Si](C#CC1C2CCC(C2)C1/C=C/[Si](C(C)C)(C(C)C)C(C)C)(C(C)C)C(C)C. The van der Waals surface area contributed by atoms with Gasteiger partial charge >= 0.3 is 0 Å². The van der Waals surface area contributed by atoms with Crippen molar-refractivity contribution in [2.45, 2.75) is 136 Å². The minimum absolute atomic E-state index is 0.622. The number of hydrogen-bond donors (Lipinski definition) is 0. The molecule has 0 nitrogen and oxygen atoms in total. The Morgan fingerprint density at radius 2 is 1.10 bits per heavy atom. The summed E-state index contributed by atoms with van der Waals surface area (Å²) in [6, 6.07) is 0. The predicted molar refractivity (Wildman–Crippen MR) is 147 cm³/mol. The second kappa shape index (κ2) is 10.3. The maximum atomic E-state index is 4.12. The van der Waals surface area contributed by atoms with Crippen molar-refractivity contribution in [3.8, 4) is 11.5 Å². The molecule has 2 rings (SSSR count). The Kier molecular flexibility index (Phi) is 9.00. The smallest absolute Gasteiger partial charge is 0.130 e. The lowest BCUT2D eigenvalue weighted by Crippen LogP contribution is -2.43. The number of allylic oxidation sites excluding steroid dienone is 1. The first-order valence-electron chi connectivity index (χ1n) is 13.5. The molecule has 2 fully saturated rings. The predicted octanol–water partition coefficient (Wildman–Crippen LogP) is 9.64. The van der Waals surface area contributed by atoms with Crippen LogP contribution < -0.4 is 0 Å². The second-order valence-corrected chi connectivity index (χ2v) is 24.3. The zero-order chi connectivity index (χ0) is 23.7. The highest BCUT2D eigenvalue weighted by atomic mass is 28.3. The summed E-state index contributed by atoms with van der Waals surface area (Å²) in [5, 5.41) is 0. The summed E-state index contributed by atoms with van der Waals surface area (Å²) >= 11 is 0. The number of fused-ring (bicyclic) bond motifs is 2. The van der Waals surface area contributed by atoms with Gasteiger partial charge in [0.15, 0.2) is 0 Å². The van der Waals surface area contributed by atoms with Gasteiger partial charge in [-0.25, -0.2) is 0 Å². The molecule has 2 heteroatoms. The maximum absolute atomic E-state index is 4.12. The summed E-state index contributed by atoms with van der Waals surface area (Å²) in [6.45, 7) is 29.6. The van der Waals surface area contributed by atoms with E-state index in [1.807, 2.05) is 0 Å². The molecule has 178 valence electrons. The molecule has 2 aliphatic carbocycles. The molecule has 0 aromatic rings. The van der Waals surface area contributed by atoms with Crippen molar-refractivity contribution in [1.29, 1.82) is 0 Å². The van der Waals surface area contributed by atoms with Crippen molar-refractivity contribution in [2.24, 2.45) is 23.7 Å². The first-order chi connectivity index (χ1) is 14.3. The van der Waals surface area contributed by atoms with Crippen LogP contribution in [0.4, 0.5) is 0 Å². The van der Waals surface area contributed by atoms with Crippen LogP contribution in [0.2, 0.25) is 33.2 Å². The largest absolute Gasteiger partial charge is 0.145 e. The van der Waals surface area contributed by atoms with E-state index in [-0.39, 0.29) is 0 Å². The Bertz CT molecular complexity index is 627.